The molecule has 1 unspecified atom stereocenters. The molecule has 0 aromatic carbocycles. The standard InChI is InChI=1S/C9H18N4S/c1-3-6-14-7-9(11-10)8-4-5-13(2)12-8/h4-5,9,11H,3,6-7,10H2,1-2H3. The van der Waals surface area contributed by atoms with Crippen molar-refractivity contribution in [3.8, 4) is 0 Å². The van der Waals surface area contributed by atoms with Gasteiger partial charge in [0.15, 0.2) is 0 Å². The van der Waals surface area contributed by atoms with Crippen molar-refractivity contribution in [2.45, 2.75) is 19.4 Å². The Morgan fingerprint density at radius 3 is 3.00 bits per heavy atom. The number of hydrogen-bond donors (Lipinski definition) is 2. The van der Waals surface area contributed by atoms with Crippen molar-refractivity contribution in [2.24, 2.45) is 12.9 Å². The number of nitrogens with one attached hydrogen (secondary N) is 1. The van der Waals surface area contributed by atoms with E-state index in [1.165, 1.54) is 12.2 Å². The van der Waals surface area contributed by atoms with Gasteiger partial charge in [-0.2, -0.15) is 16.9 Å². The van der Waals surface area contributed by atoms with Gasteiger partial charge in [-0.1, -0.05) is 6.92 Å². The van der Waals surface area contributed by atoms with Gasteiger partial charge in [0.2, 0.25) is 0 Å². The fraction of sp³-hybridized carbons (Fsp3) is 0.667. The molecule has 1 aromatic rings. The second-order valence-corrected chi connectivity index (χ2v) is 4.36. The van der Waals surface area contributed by atoms with E-state index in [0.717, 1.165) is 11.4 Å². The van der Waals surface area contributed by atoms with Crippen LogP contribution in [0.1, 0.15) is 25.1 Å². The molecule has 1 heterocycles. The molecule has 0 fully saturated rings. The molecule has 0 aliphatic carbocycles. The molecule has 0 radical (unpaired) electrons. The third-order valence-corrected chi connectivity index (χ3v) is 3.19. The Hall–Kier alpha value is -0.520. The zero-order chi connectivity index (χ0) is 10.4. The zero-order valence-corrected chi connectivity index (χ0v) is 9.55. The van der Waals surface area contributed by atoms with Gasteiger partial charge in [0, 0.05) is 19.0 Å². The van der Waals surface area contributed by atoms with Gasteiger partial charge in [0.25, 0.3) is 0 Å². The summed E-state index contributed by atoms with van der Waals surface area (Å²) in [5.74, 6) is 7.63. The van der Waals surface area contributed by atoms with E-state index >= 15 is 0 Å². The van der Waals surface area contributed by atoms with Crippen molar-refractivity contribution in [1.82, 2.24) is 15.2 Å². The van der Waals surface area contributed by atoms with Gasteiger partial charge in [0.05, 0.1) is 11.7 Å². The van der Waals surface area contributed by atoms with Crippen molar-refractivity contribution < 1.29 is 0 Å². The molecule has 3 N–H and O–H groups in total. The molecule has 0 aliphatic rings. The Kier molecular flexibility index (Phi) is 5.00. The lowest BCUT2D eigenvalue weighted by molar-refractivity contribution is 0.581. The number of aromatic nitrogens is 2. The molecule has 5 heteroatoms. The molecular weight excluding hydrogens is 196 g/mol. The summed E-state index contributed by atoms with van der Waals surface area (Å²) in [6.07, 6.45) is 3.13. The maximum absolute atomic E-state index is 5.48. The average Bonchev–Trinajstić information content (AvgIpc) is 2.60. The molecule has 4 nitrogen and oxygen atoms in total. The van der Waals surface area contributed by atoms with E-state index in [9.17, 15) is 0 Å². The van der Waals surface area contributed by atoms with Gasteiger partial charge in [-0.05, 0) is 18.2 Å². The Morgan fingerprint density at radius 1 is 1.71 bits per heavy atom. The summed E-state index contributed by atoms with van der Waals surface area (Å²) in [5.41, 5.74) is 3.81. The van der Waals surface area contributed by atoms with Crippen LogP contribution in [-0.2, 0) is 7.05 Å². The smallest absolute Gasteiger partial charge is 0.0815 e. The number of rotatable bonds is 6. The van der Waals surface area contributed by atoms with Crippen LogP contribution in [-0.4, -0.2) is 21.3 Å². The van der Waals surface area contributed by atoms with Gasteiger partial charge in [-0.15, -0.1) is 0 Å². The summed E-state index contributed by atoms with van der Waals surface area (Å²) in [6, 6.07) is 2.16. The van der Waals surface area contributed by atoms with Gasteiger partial charge in [-0.3, -0.25) is 16.0 Å². The van der Waals surface area contributed by atoms with Gasteiger partial charge in [-0.25, -0.2) is 0 Å². The Balaban J connectivity index is 2.45. The van der Waals surface area contributed by atoms with E-state index in [1.807, 2.05) is 31.1 Å². The van der Waals surface area contributed by atoms with Crippen molar-refractivity contribution in [2.75, 3.05) is 11.5 Å². The Labute approximate surface area is 89.2 Å². The van der Waals surface area contributed by atoms with Crippen LogP contribution in [0.5, 0.6) is 0 Å². The lowest BCUT2D eigenvalue weighted by Gasteiger charge is -2.12. The Morgan fingerprint density at radius 2 is 2.50 bits per heavy atom. The van der Waals surface area contributed by atoms with E-state index in [-0.39, 0.29) is 6.04 Å². The van der Waals surface area contributed by atoms with E-state index in [0.29, 0.717) is 0 Å². The zero-order valence-electron chi connectivity index (χ0n) is 8.73. The first-order valence-electron chi connectivity index (χ1n) is 4.81. The summed E-state index contributed by atoms with van der Waals surface area (Å²) < 4.78 is 1.80. The number of hydrazine groups is 1. The molecule has 1 rings (SSSR count). The number of thioether (sulfide) groups is 1. The van der Waals surface area contributed by atoms with Crippen molar-refractivity contribution in [3.05, 3.63) is 18.0 Å². The van der Waals surface area contributed by atoms with Crippen LogP contribution < -0.4 is 11.3 Å². The number of hydrogen-bond acceptors (Lipinski definition) is 4. The quantitative estimate of drug-likeness (QED) is 0.422. The predicted molar refractivity (Wildman–Crippen MR) is 60.9 cm³/mol. The largest absolute Gasteiger partial charge is 0.275 e. The summed E-state index contributed by atoms with van der Waals surface area (Å²) in [4.78, 5) is 0. The lowest BCUT2D eigenvalue weighted by Crippen LogP contribution is -2.30. The first-order valence-corrected chi connectivity index (χ1v) is 5.96. The molecule has 80 valence electrons. The number of nitrogens with zero attached hydrogens (tertiary/aromatic N) is 2. The molecule has 1 aromatic heterocycles. The maximum atomic E-state index is 5.48. The minimum Gasteiger partial charge on any atom is -0.275 e. The fourth-order valence-electron chi connectivity index (χ4n) is 1.18. The monoisotopic (exact) mass is 214 g/mol. The summed E-state index contributed by atoms with van der Waals surface area (Å²) in [6.45, 7) is 2.18. The highest BCUT2D eigenvalue weighted by Crippen LogP contribution is 2.15. The van der Waals surface area contributed by atoms with Gasteiger partial charge in [0.1, 0.15) is 0 Å². The minimum absolute atomic E-state index is 0.160. The lowest BCUT2D eigenvalue weighted by atomic mass is 10.2. The number of aryl methyl sites for hydroxylation is 1. The fourth-order valence-corrected chi connectivity index (χ4v) is 2.14. The van der Waals surface area contributed by atoms with Crippen LogP contribution >= 0.6 is 11.8 Å². The van der Waals surface area contributed by atoms with Crippen LogP contribution in [0.25, 0.3) is 0 Å². The normalized spacial score (nSPS) is 13.1. The molecule has 0 spiro atoms. The van der Waals surface area contributed by atoms with Crippen LogP contribution in [0.4, 0.5) is 0 Å². The van der Waals surface area contributed by atoms with Crippen LogP contribution in [0.15, 0.2) is 12.3 Å². The third kappa shape index (κ3) is 3.32. The highest BCUT2D eigenvalue weighted by atomic mass is 32.2. The summed E-state index contributed by atoms with van der Waals surface area (Å²) >= 11 is 1.90. The molecule has 0 saturated heterocycles. The average molecular weight is 214 g/mol. The molecule has 0 amide bonds. The second kappa shape index (κ2) is 6.06. The minimum atomic E-state index is 0.160. The van der Waals surface area contributed by atoms with E-state index in [1.54, 1.807) is 4.68 Å². The molecule has 14 heavy (non-hydrogen) atoms. The molecule has 0 aliphatic heterocycles. The van der Waals surface area contributed by atoms with Gasteiger partial charge < -0.3 is 0 Å². The Bertz CT molecular complexity index is 261. The maximum Gasteiger partial charge on any atom is 0.0815 e. The van der Waals surface area contributed by atoms with Crippen LogP contribution in [0, 0.1) is 0 Å². The summed E-state index contributed by atoms with van der Waals surface area (Å²) in [7, 11) is 1.91. The van der Waals surface area contributed by atoms with E-state index < -0.39 is 0 Å². The first-order chi connectivity index (χ1) is 6.77. The molecular formula is C9H18N4S. The van der Waals surface area contributed by atoms with Crippen LogP contribution in [0.2, 0.25) is 0 Å². The first kappa shape index (κ1) is 11.6. The van der Waals surface area contributed by atoms with Crippen molar-refractivity contribution in [1.29, 1.82) is 0 Å². The number of nitrogens with two attached hydrogens (primary N) is 1. The SMILES string of the molecule is CCCSCC(NN)c1ccn(C)n1. The highest BCUT2D eigenvalue weighted by molar-refractivity contribution is 7.99. The molecule has 1 atom stereocenters. The van der Waals surface area contributed by atoms with Crippen molar-refractivity contribution >= 4 is 11.8 Å². The van der Waals surface area contributed by atoms with Crippen molar-refractivity contribution in [3.63, 3.8) is 0 Å². The third-order valence-electron chi connectivity index (χ3n) is 1.93. The van der Waals surface area contributed by atoms with E-state index in [2.05, 4.69) is 17.4 Å². The summed E-state index contributed by atoms with van der Waals surface area (Å²) in [5, 5.41) is 4.32. The second-order valence-electron chi connectivity index (χ2n) is 3.21. The van der Waals surface area contributed by atoms with Gasteiger partial charge >= 0.3 is 0 Å². The topological polar surface area (TPSA) is 55.9 Å². The predicted octanol–water partition coefficient (Wildman–Crippen LogP) is 1.07. The van der Waals surface area contributed by atoms with E-state index in [4.69, 9.17) is 5.84 Å². The molecule has 0 saturated carbocycles. The molecule has 0 bridgehead atoms. The highest BCUT2D eigenvalue weighted by Gasteiger charge is 2.11. The van der Waals surface area contributed by atoms with Crippen LogP contribution in [0.3, 0.4) is 0 Å².